The van der Waals surface area contributed by atoms with Crippen molar-refractivity contribution in [2.24, 2.45) is 0 Å². The zero-order valence-electron chi connectivity index (χ0n) is 12.8. The molecule has 0 fully saturated rings. The van der Waals surface area contributed by atoms with Crippen LogP contribution < -0.4 is 5.32 Å². The number of carbonyl (C=O) groups excluding carboxylic acids is 1. The number of ether oxygens (including phenoxy) is 1. The van der Waals surface area contributed by atoms with E-state index >= 15 is 0 Å². The monoisotopic (exact) mass is 334 g/mol. The van der Waals surface area contributed by atoms with Gasteiger partial charge in [-0.05, 0) is 26.0 Å². The van der Waals surface area contributed by atoms with Gasteiger partial charge in [-0.1, -0.05) is 5.16 Å². The third kappa shape index (κ3) is 2.87. The molecule has 124 valence electrons. The quantitative estimate of drug-likeness (QED) is 0.733. The van der Waals surface area contributed by atoms with Crippen LogP contribution in [-0.4, -0.2) is 27.7 Å². The first-order valence-corrected chi connectivity index (χ1v) is 7.02. The van der Waals surface area contributed by atoms with Gasteiger partial charge in [0.25, 0.3) is 5.71 Å². The maximum Gasteiger partial charge on any atom is 0.376 e. The molecule has 0 aliphatic rings. The van der Waals surface area contributed by atoms with E-state index in [9.17, 15) is 13.6 Å². The van der Waals surface area contributed by atoms with Crippen molar-refractivity contribution < 1.29 is 22.8 Å². The van der Waals surface area contributed by atoms with Gasteiger partial charge in [0.2, 0.25) is 5.82 Å². The van der Waals surface area contributed by atoms with Crippen molar-refractivity contribution >= 4 is 28.6 Å². The number of hydrogen-bond acceptors (Lipinski definition) is 7. The van der Waals surface area contributed by atoms with E-state index in [1.54, 1.807) is 13.8 Å². The van der Waals surface area contributed by atoms with Gasteiger partial charge in [0.05, 0.1) is 12.3 Å². The molecule has 0 saturated carbocycles. The van der Waals surface area contributed by atoms with Crippen LogP contribution in [0.2, 0.25) is 0 Å². The Morgan fingerprint density at radius 3 is 2.79 bits per heavy atom. The van der Waals surface area contributed by atoms with Gasteiger partial charge in [0.1, 0.15) is 11.2 Å². The topological polar surface area (TPSA) is 90.1 Å². The lowest BCUT2D eigenvalue weighted by Gasteiger charge is -2.08. The number of aryl methyl sites for hydroxylation is 1. The van der Waals surface area contributed by atoms with E-state index < -0.39 is 17.6 Å². The highest BCUT2D eigenvalue weighted by Gasteiger charge is 2.20. The summed E-state index contributed by atoms with van der Waals surface area (Å²) in [4.78, 5) is 19.9. The Morgan fingerprint density at radius 2 is 2.08 bits per heavy atom. The molecular weight excluding hydrogens is 322 g/mol. The number of nitrogens with one attached hydrogen (secondary N) is 1. The van der Waals surface area contributed by atoms with Crippen LogP contribution in [0.1, 0.15) is 23.2 Å². The molecule has 1 N–H and O–H groups in total. The normalized spacial score (nSPS) is 10.8. The minimum Gasteiger partial charge on any atom is -0.460 e. The molecule has 0 unspecified atom stereocenters. The highest BCUT2D eigenvalue weighted by atomic mass is 19.2. The molecule has 0 aliphatic carbocycles. The Labute approximate surface area is 134 Å². The molecule has 9 heteroatoms. The largest absolute Gasteiger partial charge is 0.460 e. The summed E-state index contributed by atoms with van der Waals surface area (Å²) in [6, 6.07) is 3.28. The molecule has 0 atom stereocenters. The van der Waals surface area contributed by atoms with Crippen LogP contribution in [0, 0.1) is 18.6 Å². The van der Waals surface area contributed by atoms with Crippen molar-refractivity contribution in [1.82, 2.24) is 15.1 Å². The molecule has 1 aromatic carbocycles. The van der Waals surface area contributed by atoms with E-state index in [-0.39, 0.29) is 29.7 Å². The summed E-state index contributed by atoms with van der Waals surface area (Å²) in [7, 11) is 0. The highest BCUT2D eigenvalue weighted by molar-refractivity contribution is 5.94. The summed E-state index contributed by atoms with van der Waals surface area (Å²) in [6.45, 7) is 3.47. The smallest absolute Gasteiger partial charge is 0.376 e. The van der Waals surface area contributed by atoms with Crippen LogP contribution in [0.5, 0.6) is 0 Å². The second-order valence-electron chi connectivity index (χ2n) is 4.82. The van der Waals surface area contributed by atoms with Crippen LogP contribution in [0.3, 0.4) is 0 Å². The maximum atomic E-state index is 13.4. The van der Waals surface area contributed by atoms with Crippen molar-refractivity contribution in [3.63, 3.8) is 0 Å². The first kappa shape index (κ1) is 15.8. The Morgan fingerprint density at radius 1 is 1.29 bits per heavy atom. The van der Waals surface area contributed by atoms with Gasteiger partial charge in [-0.2, -0.15) is 4.98 Å². The third-order valence-corrected chi connectivity index (χ3v) is 3.15. The highest BCUT2D eigenvalue weighted by Crippen LogP contribution is 2.27. The number of esters is 1. The second-order valence-corrected chi connectivity index (χ2v) is 4.82. The van der Waals surface area contributed by atoms with Crippen LogP contribution in [0.15, 0.2) is 22.7 Å². The fraction of sp³-hybridized carbons (Fsp3) is 0.200. The Balaban J connectivity index is 2.08. The summed E-state index contributed by atoms with van der Waals surface area (Å²) in [5.41, 5.74) is 0.797. The minimum atomic E-state index is -1.02. The molecule has 24 heavy (non-hydrogen) atoms. The molecule has 3 aromatic rings. The summed E-state index contributed by atoms with van der Waals surface area (Å²) in [5.74, 6) is -2.78. The van der Waals surface area contributed by atoms with Crippen molar-refractivity contribution in [3.05, 3.63) is 41.4 Å². The Bertz CT molecular complexity index is 926. The number of benzene rings is 1. The summed E-state index contributed by atoms with van der Waals surface area (Å²) in [5, 5.41) is 7.01. The summed E-state index contributed by atoms with van der Waals surface area (Å²) < 4.78 is 36.3. The van der Waals surface area contributed by atoms with Crippen molar-refractivity contribution in [3.8, 4) is 0 Å². The molecule has 0 radical (unpaired) electrons. The number of aromatic nitrogens is 3. The molecule has 2 aromatic heterocycles. The Hall–Kier alpha value is -3.10. The summed E-state index contributed by atoms with van der Waals surface area (Å²) in [6.07, 6.45) is 0. The molecular formula is C15H12F2N4O3. The predicted molar refractivity (Wildman–Crippen MR) is 79.9 cm³/mol. The predicted octanol–water partition coefficient (Wildman–Crippen LogP) is 3.12. The van der Waals surface area contributed by atoms with Gasteiger partial charge in [-0.25, -0.2) is 18.6 Å². The molecule has 0 amide bonds. The van der Waals surface area contributed by atoms with Crippen LogP contribution in [0.25, 0.3) is 11.1 Å². The van der Waals surface area contributed by atoms with E-state index in [0.717, 1.165) is 12.1 Å². The first-order valence-electron chi connectivity index (χ1n) is 7.02. The number of rotatable bonds is 4. The number of halogens is 2. The van der Waals surface area contributed by atoms with E-state index in [2.05, 4.69) is 20.4 Å². The molecule has 0 aliphatic heterocycles. The molecule has 0 saturated heterocycles. The lowest BCUT2D eigenvalue weighted by Crippen LogP contribution is -2.11. The average molecular weight is 334 g/mol. The number of hydrogen-bond donors (Lipinski definition) is 1. The number of fused-ring (bicyclic) bond motifs is 1. The van der Waals surface area contributed by atoms with Gasteiger partial charge >= 0.3 is 5.97 Å². The van der Waals surface area contributed by atoms with Crippen LogP contribution in [0.4, 0.5) is 20.3 Å². The van der Waals surface area contributed by atoms with E-state index in [4.69, 9.17) is 9.26 Å². The lowest BCUT2D eigenvalue weighted by atomic mass is 10.2. The zero-order chi connectivity index (χ0) is 17.3. The Kier molecular flexibility index (Phi) is 4.07. The summed E-state index contributed by atoms with van der Waals surface area (Å²) >= 11 is 0. The van der Waals surface area contributed by atoms with E-state index in [0.29, 0.717) is 11.1 Å². The fourth-order valence-corrected chi connectivity index (χ4v) is 2.08. The minimum absolute atomic E-state index is 0.0793. The molecule has 7 nitrogen and oxygen atoms in total. The second kappa shape index (κ2) is 6.19. The van der Waals surface area contributed by atoms with Gasteiger partial charge < -0.3 is 14.6 Å². The van der Waals surface area contributed by atoms with Gasteiger partial charge in [0, 0.05) is 11.8 Å². The standard InChI is InChI=1S/C15H12F2N4O3/c1-3-23-15(22)13-19-12(11-7(2)21-24-14(11)20-13)18-8-4-5-9(16)10(17)6-8/h4-6H,3H2,1-2H3,(H,18,19,20). The van der Waals surface area contributed by atoms with Gasteiger partial charge in [-0.15, -0.1) is 0 Å². The van der Waals surface area contributed by atoms with Gasteiger partial charge in [0.15, 0.2) is 11.6 Å². The maximum absolute atomic E-state index is 13.4. The van der Waals surface area contributed by atoms with E-state index in [1.165, 1.54) is 6.07 Å². The fourth-order valence-electron chi connectivity index (χ4n) is 2.08. The average Bonchev–Trinajstić information content (AvgIpc) is 2.93. The third-order valence-electron chi connectivity index (χ3n) is 3.15. The molecule has 0 bridgehead atoms. The van der Waals surface area contributed by atoms with Crippen molar-refractivity contribution in [2.75, 3.05) is 11.9 Å². The lowest BCUT2D eigenvalue weighted by molar-refractivity contribution is 0.0512. The van der Waals surface area contributed by atoms with Gasteiger partial charge in [-0.3, -0.25) is 0 Å². The molecule has 0 spiro atoms. The zero-order valence-corrected chi connectivity index (χ0v) is 12.8. The number of anilines is 2. The van der Waals surface area contributed by atoms with E-state index in [1.807, 2.05) is 0 Å². The number of nitrogens with zero attached hydrogens (tertiary/aromatic N) is 3. The van der Waals surface area contributed by atoms with Crippen LogP contribution in [-0.2, 0) is 4.74 Å². The molecule has 2 heterocycles. The van der Waals surface area contributed by atoms with Crippen LogP contribution >= 0.6 is 0 Å². The van der Waals surface area contributed by atoms with Crippen molar-refractivity contribution in [2.45, 2.75) is 13.8 Å². The van der Waals surface area contributed by atoms with Crippen molar-refractivity contribution in [1.29, 1.82) is 0 Å². The molecule has 3 rings (SSSR count). The first-order chi connectivity index (χ1) is 11.5. The SMILES string of the molecule is CCOC(=O)c1nc(Nc2ccc(F)c(F)c2)c2c(C)noc2n1. The number of carbonyl (C=O) groups is 1.